The minimum absolute atomic E-state index is 0.0147. The molecule has 3 aromatic rings. The fourth-order valence-corrected chi connectivity index (χ4v) is 2.52. The molecule has 0 saturated carbocycles. The zero-order valence-electron chi connectivity index (χ0n) is 11.7. The number of aromatic nitrogens is 2. The molecule has 0 aliphatic rings. The van der Waals surface area contributed by atoms with E-state index < -0.39 is 0 Å². The quantitative estimate of drug-likeness (QED) is 0.786. The summed E-state index contributed by atoms with van der Waals surface area (Å²) in [5.74, 6) is 0. The highest BCUT2D eigenvalue weighted by Gasteiger charge is 2.09. The molecule has 3 heteroatoms. The van der Waals surface area contributed by atoms with Crippen molar-refractivity contribution in [2.75, 3.05) is 0 Å². The average Bonchev–Trinajstić information content (AvgIpc) is 2.90. The van der Waals surface area contributed by atoms with Gasteiger partial charge in [0, 0.05) is 12.6 Å². The van der Waals surface area contributed by atoms with Gasteiger partial charge in [0.2, 0.25) is 0 Å². The van der Waals surface area contributed by atoms with Gasteiger partial charge < -0.3 is 10.3 Å². The summed E-state index contributed by atoms with van der Waals surface area (Å²) in [4.78, 5) is 4.41. The first kappa shape index (κ1) is 12.9. The molecule has 0 amide bonds. The van der Waals surface area contributed by atoms with Crippen LogP contribution in [0.2, 0.25) is 0 Å². The molecule has 1 atom stereocenters. The molecule has 1 unspecified atom stereocenters. The largest absolute Gasteiger partial charge is 0.329 e. The fraction of sp³-hybridized carbons (Fsp3) is 0.235. The summed E-state index contributed by atoms with van der Waals surface area (Å²) in [5, 5.41) is 0. The van der Waals surface area contributed by atoms with E-state index >= 15 is 0 Å². The van der Waals surface area contributed by atoms with Gasteiger partial charge in [-0.3, -0.25) is 0 Å². The molecular formula is C17H19N3. The Labute approximate surface area is 119 Å². The van der Waals surface area contributed by atoms with E-state index in [9.17, 15) is 0 Å². The maximum Gasteiger partial charge on any atom is 0.0958 e. The first-order valence-corrected chi connectivity index (χ1v) is 7.02. The van der Waals surface area contributed by atoms with Gasteiger partial charge in [0.1, 0.15) is 0 Å². The molecule has 3 rings (SSSR count). The van der Waals surface area contributed by atoms with Crippen molar-refractivity contribution in [1.82, 2.24) is 9.55 Å². The zero-order valence-corrected chi connectivity index (χ0v) is 11.7. The zero-order chi connectivity index (χ0) is 13.9. The first-order valence-electron chi connectivity index (χ1n) is 7.02. The maximum absolute atomic E-state index is 6.35. The third-order valence-electron chi connectivity index (χ3n) is 3.71. The summed E-state index contributed by atoms with van der Waals surface area (Å²) in [6.45, 7) is 2.90. The number of nitrogens with zero attached hydrogens (tertiary/aromatic N) is 2. The number of hydrogen-bond acceptors (Lipinski definition) is 2. The highest BCUT2D eigenvalue weighted by molar-refractivity contribution is 5.74. The SMILES string of the molecule is CCc1cccc(C(N)Cn2cnc3ccccc32)c1. The molecule has 0 saturated heterocycles. The lowest BCUT2D eigenvalue weighted by molar-refractivity contribution is 0.588. The van der Waals surface area contributed by atoms with Crippen LogP contribution in [0.15, 0.2) is 54.9 Å². The predicted molar refractivity (Wildman–Crippen MR) is 82.5 cm³/mol. The van der Waals surface area contributed by atoms with Crippen molar-refractivity contribution in [2.45, 2.75) is 25.9 Å². The fourth-order valence-electron chi connectivity index (χ4n) is 2.52. The summed E-state index contributed by atoms with van der Waals surface area (Å²) in [5.41, 5.74) is 11.0. The van der Waals surface area contributed by atoms with E-state index in [1.165, 1.54) is 11.1 Å². The van der Waals surface area contributed by atoms with Crippen molar-refractivity contribution in [3.05, 3.63) is 66.0 Å². The van der Waals surface area contributed by atoms with Gasteiger partial charge in [-0.2, -0.15) is 0 Å². The van der Waals surface area contributed by atoms with Crippen LogP contribution in [0.1, 0.15) is 24.1 Å². The molecule has 0 spiro atoms. The molecule has 102 valence electrons. The van der Waals surface area contributed by atoms with Crippen LogP contribution < -0.4 is 5.73 Å². The molecule has 2 N–H and O–H groups in total. The Morgan fingerprint density at radius 2 is 2.00 bits per heavy atom. The van der Waals surface area contributed by atoms with E-state index in [-0.39, 0.29) is 6.04 Å². The molecule has 1 heterocycles. The second-order valence-electron chi connectivity index (χ2n) is 5.09. The first-order chi connectivity index (χ1) is 9.78. The van der Waals surface area contributed by atoms with E-state index in [1.807, 2.05) is 24.5 Å². The second-order valence-corrected chi connectivity index (χ2v) is 5.09. The summed E-state index contributed by atoms with van der Waals surface area (Å²) in [6, 6.07) is 16.6. The van der Waals surface area contributed by atoms with E-state index in [4.69, 9.17) is 5.73 Å². The van der Waals surface area contributed by atoms with Crippen LogP contribution >= 0.6 is 0 Å². The normalized spacial score (nSPS) is 12.7. The van der Waals surface area contributed by atoms with E-state index in [0.717, 1.165) is 24.0 Å². The van der Waals surface area contributed by atoms with Gasteiger partial charge in [-0.1, -0.05) is 43.3 Å². The summed E-state index contributed by atoms with van der Waals surface area (Å²) in [6.07, 6.45) is 2.91. The molecule has 20 heavy (non-hydrogen) atoms. The lowest BCUT2D eigenvalue weighted by Gasteiger charge is -2.14. The lowest BCUT2D eigenvalue weighted by Crippen LogP contribution is -2.17. The number of rotatable bonds is 4. The van der Waals surface area contributed by atoms with Crippen LogP contribution in [0.3, 0.4) is 0 Å². The number of benzene rings is 2. The van der Waals surface area contributed by atoms with Crippen molar-refractivity contribution < 1.29 is 0 Å². The molecule has 0 bridgehead atoms. The molecular weight excluding hydrogens is 246 g/mol. The monoisotopic (exact) mass is 265 g/mol. The molecule has 0 aliphatic heterocycles. The topological polar surface area (TPSA) is 43.8 Å². The molecule has 3 nitrogen and oxygen atoms in total. The summed E-state index contributed by atoms with van der Waals surface area (Å²) < 4.78 is 2.12. The highest BCUT2D eigenvalue weighted by atomic mass is 15.1. The minimum Gasteiger partial charge on any atom is -0.329 e. The van der Waals surface area contributed by atoms with Crippen molar-refractivity contribution >= 4 is 11.0 Å². The third kappa shape index (κ3) is 2.45. The molecule has 2 aromatic carbocycles. The standard InChI is InChI=1S/C17H19N3/c1-2-13-6-5-7-14(10-13)15(18)11-20-12-19-16-8-3-4-9-17(16)20/h3-10,12,15H,2,11,18H2,1H3. The van der Waals surface area contributed by atoms with Crippen LogP contribution in [0.25, 0.3) is 11.0 Å². The Kier molecular flexibility index (Phi) is 3.52. The van der Waals surface area contributed by atoms with Crippen LogP contribution in [0, 0.1) is 0 Å². The van der Waals surface area contributed by atoms with Crippen molar-refractivity contribution in [1.29, 1.82) is 0 Å². The van der Waals surface area contributed by atoms with Crippen molar-refractivity contribution in [3.63, 3.8) is 0 Å². The van der Waals surface area contributed by atoms with Gasteiger partial charge >= 0.3 is 0 Å². The number of para-hydroxylation sites is 2. The molecule has 0 aliphatic carbocycles. The molecule has 0 radical (unpaired) electrons. The highest BCUT2D eigenvalue weighted by Crippen LogP contribution is 2.18. The second kappa shape index (κ2) is 5.47. The van der Waals surface area contributed by atoms with Gasteiger partial charge in [-0.05, 0) is 29.7 Å². The number of nitrogens with two attached hydrogens (primary N) is 1. The Morgan fingerprint density at radius 3 is 2.85 bits per heavy atom. The van der Waals surface area contributed by atoms with Crippen molar-refractivity contribution in [3.8, 4) is 0 Å². The van der Waals surface area contributed by atoms with Crippen LogP contribution in [0.5, 0.6) is 0 Å². The molecule has 1 aromatic heterocycles. The van der Waals surface area contributed by atoms with Gasteiger partial charge in [0.25, 0.3) is 0 Å². The molecule has 0 fully saturated rings. The number of fused-ring (bicyclic) bond motifs is 1. The van der Waals surface area contributed by atoms with Crippen molar-refractivity contribution in [2.24, 2.45) is 5.73 Å². The number of hydrogen-bond donors (Lipinski definition) is 1. The van der Waals surface area contributed by atoms with E-state index in [2.05, 4.69) is 46.8 Å². The van der Waals surface area contributed by atoms with Crippen LogP contribution in [0.4, 0.5) is 0 Å². The Bertz CT molecular complexity index is 715. The van der Waals surface area contributed by atoms with E-state index in [0.29, 0.717) is 0 Å². The lowest BCUT2D eigenvalue weighted by atomic mass is 10.0. The Morgan fingerprint density at radius 1 is 1.15 bits per heavy atom. The number of aryl methyl sites for hydroxylation is 1. The Balaban J connectivity index is 1.86. The summed E-state index contributed by atoms with van der Waals surface area (Å²) in [7, 11) is 0. The van der Waals surface area contributed by atoms with Gasteiger partial charge in [0.15, 0.2) is 0 Å². The maximum atomic E-state index is 6.35. The van der Waals surface area contributed by atoms with Crippen LogP contribution in [-0.4, -0.2) is 9.55 Å². The van der Waals surface area contributed by atoms with Gasteiger partial charge in [-0.25, -0.2) is 4.98 Å². The average molecular weight is 265 g/mol. The Hall–Kier alpha value is -2.13. The smallest absolute Gasteiger partial charge is 0.0958 e. The summed E-state index contributed by atoms with van der Waals surface area (Å²) >= 11 is 0. The van der Waals surface area contributed by atoms with Crippen LogP contribution in [-0.2, 0) is 13.0 Å². The number of imidazole rings is 1. The third-order valence-corrected chi connectivity index (χ3v) is 3.71. The predicted octanol–water partition coefficient (Wildman–Crippen LogP) is 3.30. The minimum atomic E-state index is -0.0147. The van der Waals surface area contributed by atoms with Gasteiger partial charge in [0.05, 0.1) is 17.4 Å². The van der Waals surface area contributed by atoms with Gasteiger partial charge in [-0.15, -0.1) is 0 Å². The van der Waals surface area contributed by atoms with E-state index in [1.54, 1.807) is 0 Å².